The minimum atomic E-state index is -2.59. The predicted molar refractivity (Wildman–Crippen MR) is 66.2 cm³/mol. The van der Waals surface area contributed by atoms with Crippen LogP contribution in [-0.2, 0) is 0 Å². The molecule has 2 N–H and O–H groups in total. The number of amides is 1. The molecule has 0 spiro atoms. The Kier molecular flexibility index (Phi) is 3.52. The third-order valence-electron chi connectivity index (χ3n) is 3.74. The number of aromatic nitrogens is 2. The molecule has 0 radical (unpaired) electrons. The van der Waals surface area contributed by atoms with E-state index in [2.05, 4.69) is 10.2 Å². The average Bonchev–Trinajstić information content (AvgIpc) is 2.32. The molecule has 1 aromatic heterocycles. The first-order valence-electron chi connectivity index (χ1n) is 6.33. The van der Waals surface area contributed by atoms with Gasteiger partial charge in [0.25, 0.3) is 5.91 Å². The first-order chi connectivity index (χ1) is 8.82. The highest BCUT2D eigenvalue weighted by molar-refractivity contribution is 5.95. The minimum Gasteiger partial charge on any atom is -0.366 e. The maximum absolute atomic E-state index is 13.2. The average molecular weight is 269 g/mol. The number of alkyl halides is 2. The van der Waals surface area contributed by atoms with E-state index in [4.69, 9.17) is 5.73 Å². The number of carbonyl (C=O) groups is 1. The van der Waals surface area contributed by atoms with E-state index in [1.807, 2.05) is 0 Å². The van der Waals surface area contributed by atoms with Crippen LogP contribution in [0.15, 0.2) is 0 Å². The van der Waals surface area contributed by atoms with Crippen molar-refractivity contribution in [3.63, 3.8) is 0 Å². The van der Waals surface area contributed by atoms with Gasteiger partial charge in [0.05, 0.1) is 17.0 Å². The molecule has 4 nitrogen and oxygen atoms in total. The molecule has 1 amide bonds. The monoisotopic (exact) mass is 269 g/mol. The molecule has 1 aliphatic carbocycles. The summed E-state index contributed by atoms with van der Waals surface area (Å²) in [7, 11) is 0. The number of carbonyl (C=O) groups excluding carboxylic acids is 1. The van der Waals surface area contributed by atoms with E-state index in [0.29, 0.717) is 35.4 Å². The molecule has 1 saturated carbocycles. The van der Waals surface area contributed by atoms with Crippen LogP contribution in [0, 0.1) is 13.8 Å². The third-order valence-corrected chi connectivity index (χ3v) is 3.74. The zero-order valence-electron chi connectivity index (χ0n) is 11.0. The molecule has 19 heavy (non-hydrogen) atoms. The Hall–Kier alpha value is -1.59. The molecule has 1 fully saturated rings. The van der Waals surface area contributed by atoms with E-state index in [-0.39, 0.29) is 18.8 Å². The summed E-state index contributed by atoms with van der Waals surface area (Å²) in [5.41, 5.74) is 7.51. The molecule has 0 atom stereocenters. The second-order valence-corrected chi connectivity index (χ2v) is 5.15. The zero-order valence-corrected chi connectivity index (χ0v) is 11.0. The second kappa shape index (κ2) is 4.83. The van der Waals surface area contributed by atoms with Gasteiger partial charge in [0, 0.05) is 12.8 Å². The molecule has 104 valence electrons. The Bertz CT molecular complexity index is 507. The molecule has 6 heteroatoms. The Morgan fingerprint density at radius 3 is 2.26 bits per heavy atom. The van der Waals surface area contributed by atoms with Crippen LogP contribution >= 0.6 is 0 Å². The lowest BCUT2D eigenvalue weighted by atomic mass is 9.79. The summed E-state index contributed by atoms with van der Waals surface area (Å²) < 4.78 is 26.4. The molecule has 0 unspecified atom stereocenters. The molecule has 1 aromatic rings. The van der Waals surface area contributed by atoms with E-state index < -0.39 is 11.8 Å². The molecular weight excluding hydrogens is 252 g/mol. The summed E-state index contributed by atoms with van der Waals surface area (Å²) in [5.74, 6) is -3.24. The summed E-state index contributed by atoms with van der Waals surface area (Å²) in [5, 5.41) is 7.87. The standard InChI is InChI=1S/C13H17F2N3O/c1-7-10(9-3-5-13(14,15)6-4-9)11(12(16)19)8(2)18-17-7/h9H,3-6H2,1-2H3,(H2,16,19). The number of hydrogen-bond donors (Lipinski definition) is 1. The van der Waals surface area contributed by atoms with E-state index in [1.165, 1.54) is 0 Å². The maximum Gasteiger partial charge on any atom is 0.250 e. The molecule has 0 saturated heterocycles. The van der Waals surface area contributed by atoms with Gasteiger partial charge in [-0.25, -0.2) is 8.78 Å². The zero-order chi connectivity index (χ0) is 14.2. The lowest BCUT2D eigenvalue weighted by Gasteiger charge is -2.30. The van der Waals surface area contributed by atoms with E-state index >= 15 is 0 Å². The van der Waals surface area contributed by atoms with E-state index in [1.54, 1.807) is 13.8 Å². The lowest BCUT2D eigenvalue weighted by Crippen LogP contribution is -2.27. The van der Waals surface area contributed by atoms with Gasteiger partial charge in [-0.3, -0.25) is 4.79 Å². The molecule has 2 rings (SSSR count). The van der Waals surface area contributed by atoms with Gasteiger partial charge in [-0.1, -0.05) is 0 Å². The van der Waals surface area contributed by atoms with Gasteiger partial charge in [-0.2, -0.15) is 10.2 Å². The van der Waals surface area contributed by atoms with Crippen molar-refractivity contribution >= 4 is 5.91 Å². The molecular formula is C13H17F2N3O. The van der Waals surface area contributed by atoms with Gasteiger partial charge in [-0.15, -0.1) is 0 Å². The quantitative estimate of drug-likeness (QED) is 0.896. The number of rotatable bonds is 2. The molecule has 1 aliphatic rings. The third kappa shape index (κ3) is 2.72. The second-order valence-electron chi connectivity index (χ2n) is 5.15. The van der Waals surface area contributed by atoms with Crippen molar-refractivity contribution in [3.05, 3.63) is 22.5 Å². The topological polar surface area (TPSA) is 68.9 Å². The number of primary amides is 1. The Balaban J connectivity index is 2.40. The fourth-order valence-corrected chi connectivity index (χ4v) is 2.77. The lowest BCUT2D eigenvalue weighted by molar-refractivity contribution is -0.0383. The van der Waals surface area contributed by atoms with Gasteiger partial charge >= 0.3 is 0 Å². The largest absolute Gasteiger partial charge is 0.366 e. The molecule has 0 aromatic carbocycles. The van der Waals surface area contributed by atoms with Crippen LogP contribution in [0.3, 0.4) is 0 Å². The first kappa shape index (κ1) is 13.8. The van der Waals surface area contributed by atoms with Crippen molar-refractivity contribution in [1.82, 2.24) is 10.2 Å². The Labute approximate surface area is 110 Å². The maximum atomic E-state index is 13.2. The Morgan fingerprint density at radius 2 is 1.74 bits per heavy atom. The first-order valence-corrected chi connectivity index (χ1v) is 6.33. The minimum absolute atomic E-state index is 0.0867. The van der Waals surface area contributed by atoms with Crippen molar-refractivity contribution in [2.45, 2.75) is 51.4 Å². The van der Waals surface area contributed by atoms with Gasteiger partial charge in [0.1, 0.15) is 0 Å². The smallest absolute Gasteiger partial charge is 0.250 e. The van der Waals surface area contributed by atoms with Gasteiger partial charge < -0.3 is 5.73 Å². The number of aryl methyl sites for hydroxylation is 2. The fraction of sp³-hybridized carbons (Fsp3) is 0.615. The summed E-state index contributed by atoms with van der Waals surface area (Å²) in [6.45, 7) is 3.40. The number of nitrogens with zero attached hydrogens (tertiary/aromatic N) is 2. The van der Waals surface area contributed by atoms with Crippen molar-refractivity contribution in [3.8, 4) is 0 Å². The van der Waals surface area contributed by atoms with Crippen LogP contribution in [0.4, 0.5) is 8.78 Å². The Morgan fingerprint density at radius 1 is 1.21 bits per heavy atom. The van der Waals surface area contributed by atoms with Gasteiger partial charge in [-0.05, 0) is 38.2 Å². The summed E-state index contributed by atoms with van der Waals surface area (Å²) in [4.78, 5) is 11.6. The summed E-state index contributed by atoms with van der Waals surface area (Å²) in [6.07, 6.45) is 0.381. The highest BCUT2D eigenvalue weighted by atomic mass is 19.3. The van der Waals surface area contributed by atoms with Crippen molar-refractivity contribution in [2.75, 3.05) is 0 Å². The molecule has 0 bridgehead atoms. The molecule has 0 aliphatic heterocycles. The fourth-order valence-electron chi connectivity index (χ4n) is 2.77. The van der Waals surface area contributed by atoms with Crippen LogP contribution in [0.25, 0.3) is 0 Å². The predicted octanol–water partition coefficient (Wildman–Crippen LogP) is 2.49. The number of nitrogens with two attached hydrogens (primary N) is 1. The SMILES string of the molecule is Cc1nnc(C)c(C2CCC(F)(F)CC2)c1C(N)=O. The van der Waals surface area contributed by atoms with Crippen LogP contribution in [-0.4, -0.2) is 22.0 Å². The van der Waals surface area contributed by atoms with Crippen LogP contribution in [0.2, 0.25) is 0 Å². The summed E-state index contributed by atoms with van der Waals surface area (Å²) in [6, 6.07) is 0. The number of halogens is 2. The van der Waals surface area contributed by atoms with Crippen LogP contribution < -0.4 is 5.73 Å². The van der Waals surface area contributed by atoms with Crippen molar-refractivity contribution in [1.29, 1.82) is 0 Å². The van der Waals surface area contributed by atoms with Crippen LogP contribution in [0.1, 0.15) is 58.9 Å². The molecule has 1 heterocycles. The number of hydrogen-bond acceptors (Lipinski definition) is 3. The van der Waals surface area contributed by atoms with Gasteiger partial charge in [0.15, 0.2) is 0 Å². The van der Waals surface area contributed by atoms with Crippen molar-refractivity contribution < 1.29 is 13.6 Å². The van der Waals surface area contributed by atoms with E-state index in [0.717, 1.165) is 0 Å². The van der Waals surface area contributed by atoms with Gasteiger partial charge in [0.2, 0.25) is 5.92 Å². The normalized spacial score (nSPS) is 19.4. The summed E-state index contributed by atoms with van der Waals surface area (Å²) >= 11 is 0. The highest BCUT2D eigenvalue weighted by Gasteiger charge is 2.37. The van der Waals surface area contributed by atoms with Crippen LogP contribution in [0.5, 0.6) is 0 Å². The highest BCUT2D eigenvalue weighted by Crippen LogP contribution is 2.42. The van der Waals surface area contributed by atoms with Crippen molar-refractivity contribution in [2.24, 2.45) is 5.73 Å². The van der Waals surface area contributed by atoms with E-state index in [9.17, 15) is 13.6 Å².